The number of hydrogen-bond donors (Lipinski definition) is 2. The largest absolute Gasteiger partial charge is 0.496 e. The minimum absolute atomic E-state index is 0.0175. The topological polar surface area (TPSA) is 84.9 Å². The molecule has 0 atom stereocenters. The number of rotatable bonds is 6. The van der Waals surface area contributed by atoms with Gasteiger partial charge in [0.2, 0.25) is 5.91 Å². The van der Waals surface area contributed by atoms with Crippen molar-refractivity contribution in [1.82, 2.24) is 0 Å². The predicted octanol–water partition coefficient (Wildman–Crippen LogP) is 3.55. The number of methoxy groups -OCH3 is 2. The van der Waals surface area contributed by atoms with Gasteiger partial charge in [0.25, 0.3) is 0 Å². The van der Waals surface area contributed by atoms with Crippen LogP contribution in [0.2, 0.25) is 5.02 Å². The van der Waals surface area contributed by atoms with Crippen LogP contribution in [0, 0.1) is 6.92 Å². The third-order valence-corrected chi connectivity index (χ3v) is 3.97. The molecule has 132 valence electrons. The fraction of sp³-hybridized carbons (Fsp3) is 0.222. The van der Waals surface area contributed by atoms with E-state index in [4.69, 9.17) is 21.1 Å². The van der Waals surface area contributed by atoms with Gasteiger partial charge in [-0.05, 0) is 42.8 Å². The average Bonchev–Trinajstić information content (AvgIpc) is 2.56. The van der Waals surface area contributed by atoms with E-state index in [1.807, 2.05) is 0 Å². The van der Waals surface area contributed by atoms with Crippen LogP contribution < -0.4 is 14.8 Å². The van der Waals surface area contributed by atoms with Gasteiger partial charge in [0, 0.05) is 10.6 Å². The minimum atomic E-state index is -1.08. The molecule has 0 aliphatic heterocycles. The van der Waals surface area contributed by atoms with Gasteiger partial charge in [-0.2, -0.15) is 0 Å². The lowest BCUT2D eigenvalue weighted by Gasteiger charge is -2.15. The van der Waals surface area contributed by atoms with E-state index in [9.17, 15) is 14.7 Å². The second-order valence-corrected chi connectivity index (χ2v) is 5.74. The molecular weight excluding hydrogens is 346 g/mol. The molecule has 2 aromatic rings. The second kappa shape index (κ2) is 7.90. The highest BCUT2D eigenvalue weighted by Gasteiger charge is 2.18. The van der Waals surface area contributed by atoms with Gasteiger partial charge in [0.1, 0.15) is 11.5 Å². The third kappa shape index (κ3) is 4.22. The van der Waals surface area contributed by atoms with Gasteiger partial charge >= 0.3 is 5.97 Å². The van der Waals surface area contributed by atoms with E-state index in [1.54, 1.807) is 25.1 Å². The number of aromatic carboxylic acids is 1. The van der Waals surface area contributed by atoms with Crippen LogP contribution in [0.1, 0.15) is 21.5 Å². The van der Waals surface area contributed by atoms with Crippen LogP contribution in [0.15, 0.2) is 30.3 Å². The quantitative estimate of drug-likeness (QED) is 0.819. The molecule has 0 unspecified atom stereocenters. The number of carbonyl (C=O) groups is 2. The Kier molecular flexibility index (Phi) is 5.88. The van der Waals surface area contributed by atoms with Gasteiger partial charge in [-0.15, -0.1) is 0 Å². The van der Waals surface area contributed by atoms with Gasteiger partial charge in [-0.25, -0.2) is 4.79 Å². The minimum Gasteiger partial charge on any atom is -0.496 e. The average molecular weight is 364 g/mol. The number of ether oxygens (including phenoxy) is 2. The third-order valence-electron chi connectivity index (χ3n) is 3.73. The predicted molar refractivity (Wildman–Crippen MR) is 95.0 cm³/mol. The van der Waals surface area contributed by atoms with Crippen molar-refractivity contribution in [3.05, 3.63) is 52.0 Å². The summed E-state index contributed by atoms with van der Waals surface area (Å²) in [7, 11) is 2.96. The summed E-state index contributed by atoms with van der Waals surface area (Å²) in [5.74, 6) is -0.492. The molecule has 6 nitrogen and oxygen atoms in total. The van der Waals surface area contributed by atoms with E-state index in [2.05, 4.69) is 5.32 Å². The molecule has 1 amide bonds. The van der Waals surface area contributed by atoms with Crippen molar-refractivity contribution in [2.45, 2.75) is 13.3 Å². The lowest BCUT2D eigenvalue weighted by atomic mass is 10.0. The zero-order valence-corrected chi connectivity index (χ0v) is 14.8. The molecule has 0 aromatic heterocycles. The van der Waals surface area contributed by atoms with Crippen molar-refractivity contribution in [1.29, 1.82) is 0 Å². The molecule has 2 N–H and O–H groups in total. The molecule has 0 heterocycles. The maximum absolute atomic E-state index is 12.5. The molecule has 7 heteroatoms. The summed E-state index contributed by atoms with van der Waals surface area (Å²) in [6.45, 7) is 1.61. The Bertz CT molecular complexity index is 819. The highest BCUT2D eigenvalue weighted by molar-refractivity contribution is 6.30. The van der Waals surface area contributed by atoms with E-state index in [1.165, 1.54) is 26.4 Å². The van der Waals surface area contributed by atoms with E-state index in [0.717, 1.165) is 0 Å². The number of halogens is 1. The van der Waals surface area contributed by atoms with Gasteiger partial charge < -0.3 is 19.9 Å². The first-order valence-corrected chi connectivity index (χ1v) is 7.78. The second-order valence-electron chi connectivity index (χ2n) is 5.30. The van der Waals surface area contributed by atoms with Crippen LogP contribution >= 0.6 is 11.6 Å². The maximum Gasteiger partial charge on any atom is 0.336 e. The number of amides is 1. The normalized spacial score (nSPS) is 10.2. The highest BCUT2D eigenvalue weighted by Crippen LogP contribution is 2.31. The monoisotopic (exact) mass is 363 g/mol. The Morgan fingerprint density at radius 3 is 2.36 bits per heavy atom. The zero-order valence-electron chi connectivity index (χ0n) is 14.1. The summed E-state index contributed by atoms with van der Waals surface area (Å²) in [4.78, 5) is 23.7. The van der Waals surface area contributed by atoms with Crippen molar-refractivity contribution in [2.24, 2.45) is 0 Å². The molecule has 0 saturated carbocycles. The Morgan fingerprint density at radius 1 is 1.12 bits per heavy atom. The SMILES string of the molecule is COc1ccc(Cl)cc1CC(=O)Nc1c(OC)ccc(C(=O)O)c1C. The molecule has 25 heavy (non-hydrogen) atoms. The van der Waals surface area contributed by atoms with Crippen molar-refractivity contribution < 1.29 is 24.2 Å². The first-order valence-electron chi connectivity index (χ1n) is 7.40. The van der Waals surface area contributed by atoms with Gasteiger partial charge in [-0.1, -0.05) is 11.6 Å². The molecule has 0 fully saturated rings. The van der Waals surface area contributed by atoms with Crippen LogP contribution in [0.3, 0.4) is 0 Å². The number of nitrogens with one attached hydrogen (secondary N) is 1. The fourth-order valence-electron chi connectivity index (χ4n) is 2.49. The van der Waals surface area contributed by atoms with Gasteiger partial charge in [0.15, 0.2) is 0 Å². The smallest absolute Gasteiger partial charge is 0.336 e. The van der Waals surface area contributed by atoms with Gasteiger partial charge in [0.05, 0.1) is 31.9 Å². The summed E-state index contributed by atoms with van der Waals surface area (Å²) in [6.07, 6.45) is 0.0175. The molecule has 2 rings (SSSR count). The van der Waals surface area contributed by atoms with Gasteiger partial charge in [-0.3, -0.25) is 4.79 Å². The molecule has 0 radical (unpaired) electrons. The molecule has 0 aliphatic rings. The number of anilines is 1. The zero-order chi connectivity index (χ0) is 18.6. The van der Waals surface area contributed by atoms with Crippen LogP contribution in [-0.4, -0.2) is 31.2 Å². The van der Waals surface area contributed by atoms with E-state index >= 15 is 0 Å². The van der Waals surface area contributed by atoms with Crippen LogP contribution in [0.5, 0.6) is 11.5 Å². The molecular formula is C18H18ClNO5. The first kappa shape index (κ1) is 18.6. The number of carboxylic acids is 1. The summed E-state index contributed by atoms with van der Waals surface area (Å²) in [6, 6.07) is 7.95. The molecule has 0 saturated heterocycles. The van der Waals surface area contributed by atoms with Crippen LogP contribution in [0.4, 0.5) is 5.69 Å². The Balaban J connectivity index is 2.30. The van der Waals surface area contributed by atoms with Crippen molar-refractivity contribution in [3.8, 4) is 11.5 Å². The molecule has 0 aliphatic carbocycles. The summed E-state index contributed by atoms with van der Waals surface area (Å²) in [5.41, 5.74) is 1.46. The van der Waals surface area contributed by atoms with Crippen molar-refractivity contribution in [2.75, 3.05) is 19.5 Å². The van der Waals surface area contributed by atoms with E-state index < -0.39 is 5.97 Å². The van der Waals surface area contributed by atoms with E-state index in [-0.39, 0.29) is 17.9 Å². The summed E-state index contributed by atoms with van der Waals surface area (Å²) < 4.78 is 10.5. The Hall–Kier alpha value is -2.73. The highest BCUT2D eigenvalue weighted by atomic mass is 35.5. The lowest BCUT2D eigenvalue weighted by molar-refractivity contribution is -0.115. The first-order chi connectivity index (χ1) is 11.9. The summed E-state index contributed by atoms with van der Waals surface area (Å²) >= 11 is 5.97. The lowest BCUT2D eigenvalue weighted by Crippen LogP contribution is -2.17. The number of hydrogen-bond acceptors (Lipinski definition) is 4. The van der Waals surface area contributed by atoms with Crippen molar-refractivity contribution in [3.63, 3.8) is 0 Å². The number of carboxylic acid groups (broad SMARTS) is 1. The Morgan fingerprint density at radius 2 is 1.76 bits per heavy atom. The Labute approximate surface area is 150 Å². The molecule has 0 bridgehead atoms. The molecule has 0 spiro atoms. The standard InChI is InChI=1S/C18H18ClNO5/c1-10-13(18(22)23)5-7-15(25-3)17(10)20-16(21)9-11-8-12(19)4-6-14(11)24-2/h4-8H,9H2,1-3H3,(H,20,21)(H,22,23). The summed E-state index contributed by atoms with van der Waals surface area (Å²) in [5, 5.41) is 12.4. The molecule has 2 aromatic carbocycles. The van der Waals surface area contributed by atoms with Crippen LogP contribution in [-0.2, 0) is 11.2 Å². The number of benzene rings is 2. The maximum atomic E-state index is 12.5. The number of carbonyl (C=O) groups excluding carboxylic acids is 1. The van der Waals surface area contributed by atoms with E-state index in [0.29, 0.717) is 33.3 Å². The van der Waals surface area contributed by atoms with Crippen LogP contribution in [0.25, 0.3) is 0 Å². The fourth-order valence-corrected chi connectivity index (χ4v) is 2.68. The van der Waals surface area contributed by atoms with Crippen molar-refractivity contribution >= 4 is 29.2 Å².